The average molecular weight is 610 g/mol. The van der Waals surface area contributed by atoms with Crippen molar-refractivity contribution in [2.75, 3.05) is 38.6 Å². The van der Waals surface area contributed by atoms with Crippen LogP contribution in [0.2, 0.25) is 0 Å². The Morgan fingerprint density at radius 3 is 2.38 bits per heavy atom. The number of nitrogens with one attached hydrogen (secondary N) is 1. The van der Waals surface area contributed by atoms with Crippen molar-refractivity contribution in [3.63, 3.8) is 0 Å². The standard InChI is InChI=1S/C29H31N5O6S2/c1-19(35)33-14-16-34(17-15-33)42(38,39)23-7-5-6-20(18-23)27(36)30-29-26(24-8-3-4-9-25(24)41-29)28(37)32-31-21-10-12-22(40-2)13-11-21/h5-7,10-13,18H,3-4,8-9,14-17H2,1-2H3,(H,30,36). The van der Waals surface area contributed by atoms with Crippen LogP contribution in [0.25, 0.3) is 0 Å². The minimum absolute atomic E-state index is 0.0125. The molecule has 2 aliphatic rings. The van der Waals surface area contributed by atoms with Gasteiger partial charge in [0, 0.05) is 43.5 Å². The molecule has 3 aromatic rings. The molecule has 1 aromatic heterocycles. The molecule has 0 spiro atoms. The van der Waals surface area contributed by atoms with E-state index in [1.165, 1.54) is 46.8 Å². The first-order chi connectivity index (χ1) is 20.2. The minimum atomic E-state index is -3.87. The van der Waals surface area contributed by atoms with Gasteiger partial charge in [0.15, 0.2) is 0 Å². The maximum atomic E-state index is 13.4. The van der Waals surface area contributed by atoms with E-state index in [0.29, 0.717) is 41.5 Å². The van der Waals surface area contributed by atoms with E-state index in [2.05, 4.69) is 15.5 Å². The van der Waals surface area contributed by atoms with Crippen molar-refractivity contribution in [3.8, 4) is 5.75 Å². The van der Waals surface area contributed by atoms with Gasteiger partial charge in [-0.1, -0.05) is 6.07 Å². The highest BCUT2D eigenvalue weighted by Gasteiger charge is 2.30. The number of hydrogen-bond acceptors (Lipinski definition) is 8. The number of aryl methyl sites for hydroxylation is 1. The molecule has 1 N–H and O–H groups in total. The normalized spacial score (nSPS) is 15.8. The van der Waals surface area contributed by atoms with E-state index in [9.17, 15) is 22.8 Å². The van der Waals surface area contributed by atoms with Gasteiger partial charge in [-0.3, -0.25) is 14.4 Å². The summed E-state index contributed by atoms with van der Waals surface area (Å²) in [6.07, 6.45) is 3.41. The first-order valence-corrected chi connectivity index (χ1v) is 15.8. The van der Waals surface area contributed by atoms with Crippen LogP contribution in [0.1, 0.15) is 50.9 Å². The summed E-state index contributed by atoms with van der Waals surface area (Å²) >= 11 is 1.35. The number of azo groups is 1. The smallest absolute Gasteiger partial charge is 0.298 e. The number of piperazine rings is 1. The predicted octanol–water partition coefficient (Wildman–Crippen LogP) is 4.66. The zero-order valence-electron chi connectivity index (χ0n) is 23.3. The zero-order valence-corrected chi connectivity index (χ0v) is 25.0. The summed E-state index contributed by atoms with van der Waals surface area (Å²) in [4.78, 5) is 40.9. The van der Waals surface area contributed by atoms with Gasteiger partial charge in [0.05, 0.1) is 23.3 Å². The third-order valence-electron chi connectivity index (χ3n) is 7.36. The molecule has 220 valence electrons. The number of fused-ring (bicyclic) bond motifs is 1. The molecule has 0 bridgehead atoms. The van der Waals surface area contributed by atoms with Crippen molar-refractivity contribution in [2.24, 2.45) is 10.2 Å². The van der Waals surface area contributed by atoms with Gasteiger partial charge in [0.25, 0.3) is 11.8 Å². The molecule has 1 aliphatic heterocycles. The van der Waals surface area contributed by atoms with Crippen LogP contribution < -0.4 is 10.1 Å². The molecule has 5 rings (SSSR count). The third-order valence-corrected chi connectivity index (χ3v) is 10.5. The average Bonchev–Trinajstić information content (AvgIpc) is 3.38. The van der Waals surface area contributed by atoms with Gasteiger partial charge in [-0.15, -0.1) is 21.6 Å². The molecule has 1 aliphatic carbocycles. The maximum Gasteiger partial charge on any atom is 0.298 e. The number of nitrogens with zero attached hydrogens (tertiary/aromatic N) is 4. The lowest BCUT2D eigenvalue weighted by Crippen LogP contribution is -2.49. The van der Waals surface area contributed by atoms with Gasteiger partial charge >= 0.3 is 0 Å². The molecular formula is C29H31N5O6S2. The summed E-state index contributed by atoms with van der Waals surface area (Å²) in [5.41, 5.74) is 1.83. The number of methoxy groups -OCH3 is 1. The largest absolute Gasteiger partial charge is 0.497 e. The second-order valence-electron chi connectivity index (χ2n) is 10.0. The van der Waals surface area contributed by atoms with E-state index in [1.54, 1.807) is 36.3 Å². The number of rotatable bonds is 7. The maximum absolute atomic E-state index is 13.4. The molecule has 11 nitrogen and oxygen atoms in total. The van der Waals surface area contributed by atoms with Gasteiger partial charge < -0.3 is 15.0 Å². The molecule has 0 saturated carbocycles. The van der Waals surface area contributed by atoms with Crippen molar-refractivity contribution >= 4 is 49.8 Å². The molecule has 1 fully saturated rings. The number of anilines is 1. The predicted molar refractivity (Wildman–Crippen MR) is 158 cm³/mol. The Morgan fingerprint density at radius 1 is 0.976 bits per heavy atom. The SMILES string of the molecule is COc1ccc(N=NC(=O)c2c(NC(=O)c3cccc(S(=O)(=O)N4CCN(C(C)=O)CC4)c3)sc3c2CCCC3)cc1. The summed E-state index contributed by atoms with van der Waals surface area (Å²) in [5, 5.41) is 11.2. The summed E-state index contributed by atoms with van der Waals surface area (Å²) in [6.45, 7) is 2.43. The van der Waals surface area contributed by atoms with Crippen LogP contribution in [-0.2, 0) is 27.7 Å². The fraction of sp³-hybridized carbons (Fsp3) is 0.345. The fourth-order valence-electron chi connectivity index (χ4n) is 5.05. The third kappa shape index (κ3) is 6.27. The van der Waals surface area contributed by atoms with Gasteiger partial charge in [-0.05, 0) is 73.7 Å². The van der Waals surface area contributed by atoms with Crippen molar-refractivity contribution < 1.29 is 27.5 Å². The highest BCUT2D eigenvalue weighted by atomic mass is 32.2. The Labute approximate surface area is 248 Å². The van der Waals surface area contributed by atoms with Crippen LogP contribution in [0.15, 0.2) is 63.7 Å². The Bertz CT molecular complexity index is 1640. The van der Waals surface area contributed by atoms with E-state index < -0.39 is 21.8 Å². The highest BCUT2D eigenvalue weighted by Crippen LogP contribution is 2.39. The van der Waals surface area contributed by atoms with E-state index in [-0.39, 0.29) is 29.5 Å². The number of carbonyl (C=O) groups excluding carboxylic acids is 3. The number of ether oxygens (including phenoxy) is 1. The Kier molecular flexibility index (Phi) is 8.80. The molecule has 2 heterocycles. The fourth-order valence-corrected chi connectivity index (χ4v) is 7.79. The number of benzene rings is 2. The van der Waals surface area contributed by atoms with Crippen molar-refractivity contribution in [1.29, 1.82) is 0 Å². The monoisotopic (exact) mass is 609 g/mol. The van der Waals surface area contributed by atoms with E-state index in [1.807, 2.05) is 0 Å². The summed E-state index contributed by atoms with van der Waals surface area (Å²) in [7, 11) is -2.31. The van der Waals surface area contributed by atoms with E-state index >= 15 is 0 Å². The molecule has 13 heteroatoms. The van der Waals surface area contributed by atoms with Crippen molar-refractivity contribution in [1.82, 2.24) is 9.21 Å². The number of hydrogen-bond donors (Lipinski definition) is 1. The van der Waals surface area contributed by atoms with Crippen LogP contribution in [0.5, 0.6) is 5.75 Å². The summed E-state index contributed by atoms with van der Waals surface area (Å²) in [6, 6.07) is 12.6. The molecule has 42 heavy (non-hydrogen) atoms. The van der Waals surface area contributed by atoms with Gasteiger partial charge in [0.2, 0.25) is 15.9 Å². The molecule has 2 aromatic carbocycles. The summed E-state index contributed by atoms with van der Waals surface area (Å²) < 4.78 is 33.1. The van der Waals surface area contributed by atoms with Crippen LogP contribution >= 0.6 is 11.3 Å². The molecule has 0 unspecified atom stereocenters. The number of thiophene rings is 1. The van der Waals surface area contributed by atoms with Crippen LogP contribution in [0, 0.1) is 0 Å². The van der Waals surface area contributed by atoms with Crippen LogP contribution in [-0.4, -0.2) is 68.6 Å². The number of sulfonamides is 1. The van der Waals surface area contributed by atoms with Crippen LogP contribution in [0.4, 0.5) is 10.7 Å². The van der Waals surface area contributed by atoms with Gasteiger partial charge in [0.1, 0.15) is 10.8 Å². The number of carbonyl (C=O) groups is 3. The minimum Gasteiger partial charge on any atom is -0.497 e. The first-order valence-electron chi connectivity index (χ1n) is 13.6. The van der Waals surface area contributed by atoms with E-state index in [4.69, 9.17) is 4.74 Å². The van der Waals surface area contributed by atoms with Crippen molar-refractivity contribution in [2.45, 2.75) is 37.5 Å². The molecule has 0 radical (unpaired) electrons. The molecule has 0 atom stereocenters. The zero-order chi connectivity index (χ0) is 29.9. The van der Waals surface area contributed by atoms with Gasteiger partial charge in [-0.2, -0.15) is 4.31 Å². The lowest BCUT2D eigenvalue weighted by atomic mass is 9.95. The highest BCUT2D eigenvalue weighted by molar-refractivity contribution is 7.89. The first kappa shape index (κ1) is 29.5. The molecular weight excluding hydrogens is 578 g/mol. The molecule has 1 saturated heterocycles. The molecule has 3 amide bonds. The van der Waals surface area contributed by atoms with Crippen molar-refractivity contribution in [3.05, 3.63) is 70.1 Å². The Balaban J connectivity index is 1.37. The second-order valence-corrected chi connectivity index (χ2v) is 13.1. The Morgan fingerprint density at radius 2 is 1.69 bits per heavy atom. The topological polar surface area (TPSA) is 138 Å². The van der Waals surface area contributed by atoms with Gasteiger partial charge in [-0.25, -0.2) is 8.42 Å². The second kappa shape index (κ2) is 12.5. The quantitative estimate of drug-likeness (QED) is 0.387. The lowest BCUT2D eigenvalue weighted by Gasteiger charge is -2.33. The Hall–Kier alpha value is -3.94. The van der Waals surface area contributed by atoms with Crippen LogP contribution in [0.3, 0.4) is 0 Å². The summed E-state index contributed by atoms with van der Waals surface area (Å²) in [5.74, 6) is -0.527. The number of amides is 3. The lowest BCUT2D eigenvalue weighted by molar-refractivity contribution is -0.129. The van der Waals surface area contributed by atoms with E-state index in [0.717, 1.165) is 29.7 Å².